The molecule has 1 aromatic heterocycles. The van der Waals surface area contributed by atoms with Crippen molar-refractivity contribution in [1.29, 1.82) is 0 Å². The van der Waals surface area contributed by atoms with Gasteiger partial charge in [-0.1, -0.05) is 30.3 Å². The third-order valence-corrected chi connectivity index (χ3v) is 7.54. The number of hydrogen-bond acceptors (Lipinski definition) is 4. The van der Waals surface area contributed by atoms with Crippen LogP contribution in [-0.2, 0) is 6.54 Å². The lowest BCUT2D eigenvalue weighted by Crippen LogP contribution is -2.47. The van der Waals surface area contributed by atoms with Crippen LogP contribution in [0.5, 0.6) is 5.75 Å². The van der Waals surface area contributed by atoms with Gasteiger partial charge in [0.2, 0.25) is 0 Å². The van der Waals surface area contributed by atoms with Gasteiger partial charge in [0.25, 0.3) is 5.91 Å². The lowest BCUT2D eigenvalue weighted by Gasteiger charge is -2.39. The summed E-state index contributed by atoms with van der Waals surface area (Å²) in [5.74, 6) is 1.78. The fourth-order valence-corrected chi connectivity index (χ4v) is 5.95. The molecular formula is C26H28N2O2S. The van der Waals surface area contributed by atoms with Crippen LogP contribution in [0.15, 0.2) is 71.4 Å². The summed E-state index contributed by atoms with van der Waals surface area (Å²) >= 11 is 1.76. The normalized spacial score (nSPS) is 23.5. The number of fused-ring (bicyclic) bond motifs is 1. The molecule has 3 heterocycles. The van der Waals surface area contributed by atoms with Crippen molar-refractivity contribution in [3.05, 3.63) is 88.1 Å². The third kappa shape index (κ3) is 4.12. The van der Waals surface area contributed by atoms with Crippen molar-refractivity contribution < 1.29 is 9.53 Å². The summed E-state index contributed by atoms with van der Waals surface area (Å²) in [6.07, 6.45) is 1.02. The Bertz CT molecular complexity index is 1020. The molecule has 2 aliphatic rings. The van der Waals surface area contributed by atoms with Crippen LogP contribution in [0.1, 0.15) is 33.8 Å². The number of benzene rings is 2. The number of hydrogen-bond donors (Lipinski definition) is 0. The second kappa shape index (κ2) is 8.85. The van der Waals surface area contributed by atoms with Crippen LogP contribution in [0.2, 0.25) is 0 Å². The average Bonchev–Trinajstić information content (AvgIpc) is 3.47. The lowest BCUT2D eigenvalue weighted by molar-refractivity contribution is 0.0614. The zero-order valence-electron chi connectivity index (χ0n) is 17.8. The maximum absolute atomic E-state index is 13.4. The molecule has 3 aromatic rings. The molecule has 3 atom stereocenters. The number of likely N-dealkylation sites (tertiary alicyclic amines) is 2. The summed E-state index contributed by atoms with van der Waals surface area (Å²) in [5.41, 5.74) is 3.44. The first-order valence-electron chi connectivity index (χ1n) is 11.0. The van der Waals surface area contributed by atoms with Crippen molar-refractivity contribution in [3.8, 4) is 5.75 Å². The molecule has 31 heavy (non-hydrogen) atoms. The Kier molecular flexibility index (Phi) is 5.79. The van der Waals surface area contributed by atoms with Gasteiger partial charge in [-0.3, -0.25) is 9.69 Å². The highest BCUT2D eigenvalue weighted by Crippen LogP contribution is 2.43. The van der Waals surface area contributed by atoms with Crippen LogP contribution in [0.4, 0.5) is 0 Å². The topological polar surface area (TPSA) is 32.8 Å². The van der Waals surface area contributed by atoms with Crippen molar-refractivity contribution in [2.24, 2.45) is 5.92 Å². The van der Waals surface area contributed by atoms with Crippen molar-refractivity contribution >= 4 is 17.2 Å². The second-order valence-electron chi connectivity index (χ2n) is 8.59. The predicted molar refractivity (Wildman–Crippen MR) is 125 cm³/mol. The molecule has 0 saturated carbocycles. The standard InChI is InChI=1S/C26H28N2O2S/c1-30-22-9-5-8-21(14-22)23-17-28(26(29)20-6-3-2-4-7-20)25-10-12-27(16-24(23)25)15-19-11-13-31-18-19/h2-9,11,13-14,18,23-25H,10,12,15-17H2,1H3/t23-,24-,25-/m1/s1. The van der Waals surface area contributed by atoms with E-state index < -0.39 is 0 Å². The highest BCUT2D eigenvalue weighted by atomic mass is 32.1. The SMILES string of the molecule is COc1cccc([C@H]2CN(C(=O)c3ccccc3)[C@@H]3CCN(Cc4ccsc4)C[C@H]23)c1. The average molecular weight is 433 g/mol. The summed E-state index contributed by atoms with van der Waals surface area (Å²) in [4.78, 5) is 18.1. The van der Waals surface area contributed by atoms with E-state index in [-0.39, 0.29) is 11.9 Å². The molecule has 5 rings (SSSR count). The Morgan fingerprint density at radius 3 is 2.74 bits per heavy atom. The molecule has 4 nitrogen and oxygen atoms in total. The van der Waals surface area contributed by atoms with Crippen LogP contribution < -0.4 is 4.74 Å². The lowest BCUT2D eigenvalue weighted by atomic mass is 9.81. The zero-order valence-corrected chi connectivity index (χ0v) is 18.6. The molecule has 160 valence electrons. The third-order valence-electron chi connectivity index (χ3n) is 6.80. The number of piperidine rings is 1. The van der Waals surface area contributed by atoms with E-state index in [1.807, 2.05) is 36.4 Å². The smallest absolute Gasteiger partial charge is 0.254 e. The van der Waals surface area contributed by atoms with Crippen molar-refractivity contribution in [2.75, 3.05) is 26.7 Å². The van der Waals surface area contributed by atoms with Crippen molar-refractivity contribution in [3.63, 3.8) is 0 Å². The van der Waals surface area contributed by atoms with Gasteiger partial charge in [0.1, 0.15) is 5.75 Å². The van der Waals surface area contributed by atoms with Crippen molar-refractivity contribution in [2.45, 2.75) is 24.9 Å². The first-order valence-corrected chi connectivity index (χ1v) is 11.9. The quantitative estimate of drug-likeness (QED) is 0.576. The Morgan fingerprint density at radius 2 is 1.97 bits per heavy atom. The monoisotopic (exact) mass is 432 g/mol. The molecular weight excluding hydrogens is 404 g/mol. The van der Waals surface area contributed by atoms with Gasteiger partial charge in [0, 0.05) is 49.6 Å². The van der Waals surface area contributed by atoms with Gasteiger partial charge in [-0.25, -0.2) is 0 Å². The number of nitrogens with zero attached hydrogens (tertiary/aromatic N) is 2. The van der Waals surface area contributed by atoms with E-state index in [1.165, 1.54) is 11.1 Å². The molecule has 1 amide bonds. The van der Waals surface area contributed by atoms with E-state index in [9.17, 15) is 4.79 Å². The first kappa shape index (κ1) is 20.3. The van der Waals surface area contributed by atoms with Gasteiger partial charge in [0.05, 0.1) is 7.11 Å². The Morgan fingerprint density at radius 1 is 1.10 bits per heavy atom. The van der Waals surface area contributed by atoms with Crippen molar-refractivity contribution in [1.82, 2.24) is 9.80 Å². The summed E-state index contributed by atoms with van der Waals surface area (Å²) in [5, 5.41) is 4.39. The molecule has 2 aromatic carbocycles. The number of rotatable bonds is 5. The highest BCUT2D eigenvalue weighted by Gasteiger charge is 2.47. The summed E-state index contributed by atoms with van der Waals surface area (Å²) in [6, 6.07) is 20.6. The minimum atomic E-state index is 0.160. The van der Waals surface area contributed by atoms with E-state index in [0.29, 0.717) is 11.8 Å². The van der Waals surface area contributed by atoms with Crippen LogP contribution in [0, 0.1) is 5.92 Å². The molecule has 0 spiro atoms. The number of methoxy groups -OCH3 is 1. The summed E-state index contributed by atoms with van der Waals surface area (Å²) < 4.78 is 5.50. The molecule has 0 aliphatic carbocycles. The molecule has 0 radical (unpaired) electrons. The van der Waals surface area contributed by atoms with Crippen LogP contribution in [0.3, 0.4) is 0 Å². The Labute approximate surface area is 188 Å². The molecule has 0 unspecified atom stereocenters. The van der Waals surface area contributed by atoms with E-state index in [2.05, 4.69) is 44.8 Å². The number of ether oxygens (including phenoxy) is 1. The van der Waals surface area contributed by atoms with E-state index in [0.717, 1.165) is 43.9 Å². The molecule has 5 heteroatoms. The Balaban J connectivity index is 1.43. The van der Waals surface area contributed by atoms with Gasteiger partial charge in [-0.15, -0.1) is 0 Å². The fourth-order valence-electron chi connectivity index (χ4n) is 5.29. The predicted octanol–water partition coefficient (Wildman–Crippen LogP) is 4.89. The number of carbonyl (C=O) groups excluding carboxylic acids is 1. The summed E-state index contributed by atoms with van der Waals surface area (Å²) in [6.45, 7) is 3.80. The van der Waals surface area contributed by atoms with E-state index >= 15 is 0 Å². The highest BCUT2D eigenvalue weighted by molar-refractivity contribution is 7.07. The molecule has 0 N–H and O–H groups in total. The van der Waals surface area contributed by atoms with Gasteiger partial charge in [0.15, 0.2) is 0 Å². The minimum Gasteiger partial charge on any atom is -0.497 e. The first-order chi connectivity index (χ1) is 15.2. The van der Waals surface area contributed by atoms with Gasteiger partial charge < -0.3 is 9.64 Å². The van der Waals surface area contributed by atoms with Crippen LogP contribution >= 0.6 is 11.3 Å². The van der Waals surface area contributed by atoms with E-state index in [1.54, 1.807) is 18.4 Å². The zero-order chi connectivity index (χ0) is 21.2. The minimum absolute atomic E-state index is 0.160. The molecule has 0 bridgehead atoms. The van der Waals surface area contributed by atoms with Gasteiger partial charge >= 0.3 is 0 Å². The second-order valence-corrected chi connectivity index (χ2v) is 9.37. The van der Waals surface area contributed by atoms with Gasteiger partial charge in [-0.05, 0) is 58.6 Å². The molecule has 2 fully saturated rings. The van der Waals surface area contributed by atoms with Gasteiger partial charge in [-0.2, -0.15) is 11.3 Å². The summed E-state index contributed by atoms with van der Waals surface area (Å²) in [7, 11) is 1.71. The number of amides is 1. The van der Waals surface area contributed by atoms with E-state index in [4.69, 9.17) is 4.74 Å². The maximum Gasteiger partial charge on any atom is 0.254 e. The number of thiophene rings is 1. The molecule has 2 saturated heterocycles. The fraction of sp³-hybridized carbons (Fsp3) is 0.346. The van der Waals surface area contributed by atoms with Crippen LogP contribution in [-0.4, -0.2) is 48.5 Å². The largest absolute Gasteiger partial charge is 0.497 e. The Hall–Kier alpha value is -2.63. The number of carbonyl (C=O) groups is 1. The van der Waals surface area contributed by atoms with Crippen LogP contribution in [0.25, 0.3) is 0 Å². The molecule has 2 aliphatic heterocycles. The maximum atomic E-state index is 13.4.